The van der Waals surface area contributed by atoms with E-state index in [0.29, 0.717) is 17.0 Å². The molecule has 0 fully saturated rings. The summed E-state index contributed by atoms with van der Waals surface area (Å²) in [5.41, 5.74) is 1.73. The highest BCUT2D eigenvalue weighted by molar-refractivity contribution is 7.08. The zero-order valence-corrected chi connectivity index (χ0v) is 9.52. The minimum atomic E-state index is 0.107. The lowest BCUT2D eigenvalue weighted by atomic mass is 10.1. The molecular formula is C12H9ClOS. The van der Waals surface area contributed by atoms with Gasteiger partial charge in [0.25, 0.3) is 0 Å². The first kappa shape index (κ1) is 10.4. The predicted octanol–water partition coefficient (Wildman–Crippen LogP) is 3.83. The van der Waals surface area contributed by atoms with Crippen molar-refractivity contribution in [3.63, 3.8) is 0 Å². The molecule has 0 atom stereocenters. The molecule has 0 spiro atoms. The second-order valence-corrected chi connectivity index (χ2v) is 4.46. The van der Waals surface area contributed by atoms with Crippen molar-refractivity contribution in [2.45, 2.75) is 6.42 Å². The standard InChI is InChI=1S/C12H9ClOS/c13-11-3-1-2-10(7-11)12(14)6-9-4-5-15-8-9/h1-5,7-8H,6H2. The van der Waals surface area contributed by atoms with E-state index in [1.54, 1.807) is 35.6 Å². The van der Waals surface area contributed by atoms with Gasteiger partial charge >= 0.3 is 0 Å². The van der Waals surface area contributed by atoms with Crippen LogP contribution in [-0.4, -0.2) is 5.78 Å². The quantitative estimate of drug-likeness (QED) is 0.741. The smallest absolute Gasteiger partial charge is 0.167 e. The lowest BCUT2D eigenvalue weighted by molar-refractivity contribution is 0.0993. The topological polar surface area (TPSA) is 17.1 Å². The van der Waals surface area contributed by atoms with Crippen LogP contribution < -0.4 is 0 Å². The minimum absolute atomic E-state index is 0.107. The van der Waals surface area contributed by atoms with E-state index in [9.17, 15) is 4.79 Å². The maximum atomic E-state index is 11.8. The summed E-state index contributed by atoms with van der Waals surface area (Å²) in [5, 5.41) is 4.56. The van der Waals surface area contributed by atoms with Crippen molar-refractivity contribution >= 4 is 28.7 Å². The molecule has 0 aliphatic heterocycles. The molecule has 1 aromatic carbocycles. The summed E-state index contributed by atoms with van der Waals surface area (Å²) in [7, 11) is 0. The highest BCUT2D eigenvalue weighted by atomic mass is 35.5. The molecule has 76 valence electrons. The third-order valence-corrected chi connectivity index (χ3v) is 3.06. The fourth-order valence-electron chi connectivity index (χ4n) is 1.34. The van der Waals surface area contributed by atoms with Crippen LogP contribution in [0.3, 0.4) is 0 Å². The van der Waals surface area contributed by atoms with E-state index in [0.717, 1.165) is 5.56 Å². The van der Waals surface area contributed by atoms with Crippen LogP contribution in [0.1, 0.15) is 15.9 Å². The lowest BCUT2D eigenvalue weighted by Gasteiger charge is -1.99. The monoisotopic (exact) mass is 236 g/mol. The van der Waals surface area contributed by atoms with Gasteiger partial charge in [-0.15, -0.1) is 0 Å². The molecule has 0 amide bonds. The van der Waals surface area contributed by atoms with Gasteiger partial charge in [0, 0.05) is 17.0 Å². The Balaban J connectivity index is 2.15. The first-order chi connectivity index (χ1) is 7.25. The van der Waals surface area contributed by atoms with Crippen molar-refractivity contribution in [2.75, 3.05) is 0 Å². The van der Waals surface area contributed by atoms with Crippen molar-refractivity contribution in [1.82, 2.24) is 0 Å². The fourth-order valence-corrected chi connectivity index (χ4v) is 2.20. The Kier molecular flexibility index (Phi) is 3.19. The molecule has 2 rings (SSSR count). The SMILES string of the molecule is O=C(Cc1ccsc1)c1cccc(Cl)c1. The second-order valence-electron chi connectivity index (χ2n) is 3.24. The van der Waals surface area contributed by atoms with Crippen LogP contribution in [0.25, 0.3) is 0 Å². The van der Waals surface area contributed by atoms with E-state index in [2.05, 4.69) is 0 Å². The van der Waals surface area contributed by atoms with E-state index in [1.807, 2.05) is 16.8 Å². The molecule has 1 aromatic heterocycles. The Morgan fingerprint density at radius 2 is 2.20 bits per heavy atom. The normalized spacial score (nSPS) is 10.2. The van der Waals surface area contributed by atoms with Crippen LogP contribution in [0, 0.1) is 0 Å². The number of thiophene rings is 1. The molecule has 0 radical (unpaired) electrons. The van der Waals surface area contributed by atoms with E-state index < -0.39 is 0 Å². The summed E-state index contributed by atoms with van der Waals surface area (Å²) >= 11 is 7.42. The predicted molar refractivity (Wildman–Crippen MR) is 63.8 cm³/mol. The molecule has 1 heterocycles. The largest absolute Gasteiger partial charge is 0.294 e. The second kappa shape index (κ2) is 4.60. The van der Waals surface area contributed by atoms with Gasteiger partial charge in [0.05, 0.1) is 0 Å². The molecule has 0 saturated carbocycles. The van der Waals surface area contributed by atoms with E-state index in [4.69, 9.17) is 11.6 Å². The van der Waals surface area contributed by atoms with Gasteiger partial charge in [-0.1, -0.05) is 23.7 Å². The lowest BCUT2D eigenvalue weighted by Crippen LogP contribution is -2.02. The highest BCUT2D eigenvalue weighted by Crippen LogP contribution is 2.14. The van der Waals surface area contributed by atoms with E-state index in [1.165, 1.54) is 0 Å². The Bertz CT molecular complexity index is 462. The Morgan fingerprint density at radius 3 is 2.87 bits per heavy atom. The zero-order chi connectivity index (χ0) is 10.7. The van der Waals surface area contributed by atoms with Crippen molar-refractivity contribution in [2.24, 2.45) is 0 Å². The van der Waals surface area contributed by atoms with Crippen LogP contribution in [0.15, 0.2) is 41.1 Å². The Morgan fingerprint density at radius 1 is 1.33 bits per heavy atom. The Labute approximate surface area is 97.3 Å². The van der Waals surface area contributed by atoms with E-state index in [-0.39, 0.29) is 5.78 Å². The van der Waals surface area contributed by atoms with Gasteiger partial charge in [-0.05, 0) is 34.5 Å². The average Bonchev–Trinajstić information content (AvgIpc) is 2.70. The molecule has 3 heteroatoms. The summed E-state index contributed by atoms with van der Waals surface area (Å²) in [6.07, 6.45) is 0.448. The minimum Gasteiger partial charge on any atom is -0.294 e. The molecule has 2 aromatic rings. The van der Waals surface area contributed by atoms with Crippen molar-refractivity contribution < 1.29 is 4.79 Å². The van der Waals surface area contributed by atoms with Gasteiger partial charge in [-0.3, -0.25) is 4.79 Å². The van der Waals surface area contributed by atoms with Crippen LogP contribution >= 0.6 is 22.9 Å². The number of Topliss-reactive ketones (excluding diaryl/α,β-unsaturated/α-hetero) is 1. The van der Waals surface area contributed by atoms with Crippen LogP contribution in [-0.2, 0) is 6.42 Å². The van der Waals surface area contributed by atoms with Gasteiger partial charge in [0.1, 0.15) is 0 Å². The first-order valence-electron chi connectivity index (χ1n) is 4.55. The summed E-state index contributed by atoms with van der Waals surface area (Å²) < 4.78 is 0. The molecule has 0 bridgehead atoms. The van der Waals surface area contributed by atoms with Crippen LogP contribution in [0.5, 0.6) is 0 Å². The number of hydrogen-bond donors (Lipinski definition) is 0. The summed E-state index contributed by atoms with van der Waals surface area (Å²) in [6.45, 7) is 0. The Hall–Kier alpha value is -1.12. The fraction of sp³-hybridized carbons (Fsp3) is 0.0833. The molecule has 0 aliphatic rings. The third kappa shape index (κ3) is 2.67. The molecule has 1 nitrogen and oxygen atoms in total. The maximum absolute atomic E-state index is 11.8. The number of ketones is 1. The highest BCUT2D eigenvalue weighted by Gasteiger charge is 2.07. The van der Waals surface area contributed by atoms with Gasteiger partial charge in [0.15, 0.2) is 5.78 Å². The van der Waals surface area contributed by atoms with Crippen LogP contribution in [0.4, 0.5) is 0 Å². The number of carbonyl (C=O) groups excluding carboxylic acids is 1. The first-order valence-corrected chi connectivity index (χ1v) is 5.87. The molecule has 15 heavy (non-hydrogen) atoms. The summed E-state index contributed by atoms with van der Waals surface area (Å²) in [4.78, 5) is 11.8. The third-order valence-electron chi connectivity index (χ3n) is 2.09. The van der Waals surface area contributed by atoms with Gasteiger partial charge in [-0.25, -0.2) is 0 Å². The number of carbonyl (C=O) groups is 1. The summed E-state index contributed by atoms with van der Waals surface area (Å²) in [6, 6.07) is 9.02. The van der Waals surface area contributed by atoms with Crippen molar-refractivity contribution in [1.29, 1.82) is 0 Å². The van der Waals surface area contributed by atoms with Crippen molar-refractivity contribution in [3.05, 3.63) is 57.2 Å². The van der Waals surface area contributed by atoms with Gasteiger partial charge < -0.3 is 0 Å². The number of halogens is 1. The number of benzene rings is 1. The molecule has 0 N–H and O–H groups in total. The molecule has 0 saturated heterocycles. The molecule has 0 aliphatic carbocycles. The number of rotatable bonds is 3. The average molecular weight is 237 g/mol. The number of hydrogen-bond acceptors (Lipinski definition) is 2. The van der Waals surface area contributed by atoms with Crippen molar-refractivity contribution in [3.8, 4) is 0 Å². The maximum Gasteiger partial charge on any atom is 0.167 e. The molecule has 0 unspecified atom stereocenters. The van der Waals surface area contributed by atoms with Crippen LogP contribution in [0.2, 0.25) is 5.02 Å². The summed E-state index contributed by atoms with van der Waals surface area (Å²) in [5.74, 6) is 0.107. The van der Waals surface area contributed by atoms with E-state index >= 15 is 0 Å². The zero-order valence-electron chi connectivity index (χ0n) is 7.94. The van der Waals surface area contributed by atoms with Gasteiger partial charge in [0.2, 0.25) is 0 Å². The van der Waals surface area contributed by atoms with Gasteiger partial charge in [-0.2, -0.15) is 11.3 Å². The molecular weight excluding hydrogens is 228 g/mol.